The highest BCUT2D eigenvalue weighted by atomic mass is 32.2. The molecule has 6 nitrogen and oxygen atoms in total. The van der Waals surface area contributed by atoms with Crippen LogP contribution in [0.4, 0.5) is 32.0 Å². The van der Waals surface area contributed by atoms with Gasteiger partial charge < -0.3 is 0 Å². The van der Waals surface area contributed by atoms with Crippen LogP contribution in [0.5, 0.6) is 0 Å². The van der Waals surface area contributed by atoms with E-state index < -0.39 is 61.3 Å². The molecule has 0 aliphatic heterocycles. The zero-order valence-corrected chi connectivity index (χ0v) is 14.2. The average Bonchev–Trinajstić information content (AvgIpc) is 2.58. The molecule has 0 aromatic heterocycles. The van der Waals surface area contributed by atoms with E-state index in [1.54, 1.807) is 0 Å². The summed E-state index contributed by atoms with van der Waals surface area (Å²) in [5, 5.41) is 11.0. The number of halogens is 6. The van der Waals surface area contributed by atoms with E-state index in [4.69, 9.17) is 0 Å². The third-order valence-electron chi connectivity index (χ3n) is 3.48. The van der Waals surface area contributed by atoms with Crippen molar-refractivity contribution in [2.24, 2.45) is 0 Å². The van der Waals surface area contributed by atoms with Gasteiger partial charge in [-0.1, -0.05) is 6.07 Å². The molecule has 13 heteroatoms. The highest BCUT2D eigenvalue weighted by Gasteiger charge is 2.37. The van der Waals surface area contributed by atoms with Crippen molar-refractivity contribution >= 4 is 15.8 Å². The molecule has 0 heterocycles. The summed E-state index contributed by atoms with van der Waals surface area (Å²) < 4.78 is 105. The van der Waals surface area contributed by atoms with Gasteiger partial charge in [-0.3, -0.25) is 14.3 Å². The van der Waals surface area contributed by atoms with Gasteiger partial charge in [-0.15, -0.1) is 0 Å². The maximum atomic E-state index is 13.1. The largest absolute Gasteiger partial charge is 0.417 e. The normalized spacial score (nSPS) is 12.8. The summed E-state index contributed by atoms with van der Waals surface area (Å²) in [5.74, 6) is 0. The van der Waals surface area contributed by atoms with Gasteiger partial charge in [0.2, 0.25) is 0 Å². The second kappa shape index (κ2) is 7.39. The first kappa shape index (κ1) is 21.6. The molecule has 2 aromatic rings. The Bertz CT molecular complexity index is 983. The Labute approximate surface area is 153 Å². The number of nitro benzene ring substituents is 1. The highest BCUT2D eigenvalue weighted by Crippen LogP contribution is 2.37. The molecule has 0 fully saturated rings. The molecule has 0 radical (unpaired) electrons. The SMILES string of the molecule is O=[N+]([O-])c1cccc(C(F)(F)F)c1COS(=O)(=O)c1ccc(C(F)(F)F)cc1. The molecule has 0 aliphatic carbocycles. The van der Waals surface area contributed by atoms with Crippen LogP contribution in [0.15, 0.2) is 47.4 Å². The number of alkyl halides is 6. The van der Waals surface area contributed by atoms with Crippen molar-refractivity contribution in [1.29, 1.82) is 0 Å². The summed E-state index contributed by atoms with van der Waals surface area (Å²) in [4.78, 5) is 9.06. The Morgan fingerprint density at radius 3 is 1.96 bits per heavy atom. The van der Waals surface area contributed by atoms with Crippen LogP contribution in [0.2, 0.25) is 0 Å². The van der Waals surface area contributed by atoms with Crippen molar-refractivity contribution < 1.29 is 43.9 Å². The number of nitrogens with zero attached hydrogens (tertiary/aromatic N) is 1. The molecule has 0 amide bonds. The summed E-state index contributed by atoms with van der Waals surface area (Å²) >= 11 is 0. The Kier molecular flexibility index (Phi) is 5.71. The van der Waals surface area contributed by atoms with Crippen LogP contribution in [0.3, 0.4) is 0 Å². The van der Waals surface area contributed by atoms with E-state index in [9.17, 15) is 44.9 Å². The highest BCUT2D eigenvalue weighted by molar-refractivity contribution is 7.86. The Morgan fingerprint density at radius 1 is 0.929 bits per heavy atom. The smallest absolute Gasteiger partial charge is 0.261 e. The third-order valence-corrected chi connectivity index (χ3v) is 4.76. The molecule has 0 N–H and O–H groups in total. The molecule has 28 heavy (non-hydrogen) atoms. The lowest BCUT2D eigenvalue weighted by Crippen LogP contribution is -2.14. The summed E-state index contributed by atoms with van der Waals surface area (Å²) in [6, 6.07) is 4.03. The molecule has 2 rings (SSSR count). The van der Waals surface area contributed by atoms with Crippen molar-refractivity contribution in [3.05, 3.63) is 69.3 Å². The summed E-state index contributed by atoms with van der Waals surface area (Å²) in [5.41, 5.74) is -4.67. The van der Waals surface area contributed by atoms with Crippen molar-refractivity contribution in [1.82, 2.24) is 0 Å². The Morgan fingerprint density at radius 2 is 1.50 bits per heavy atom. The van der Waals surface area contributed by atoms with Gasteiger partial charge in [0.1, 0.15) is 0 Å². The molecule has 0 unspecified atom stereocenters. The minimum atomic E-state index is -5.02. The zero-order valence-electron chi connectivity index (χ0n) is 13.4. The Balaban J connectivity index is 2.36. The molecule has 0 spiro atoms. The van der Waals surface area contributed by atoms with Crippen LogP contribution in [-0.4, -0.2) is 13.3 Å². The predicted octanol–water partition coefficient (Wildman–Crippen LogP) is 4.54. The molecular formula is C15H9F6NO5S. The first-order valence-electron chi connectivity index (χ1n) is 7.13. The minimum absolute atomic E-state index is 0.447. The van der Waals surface area contributed by atoms with Crippen molar-refractivity contribution in [3.8, 4) is 0 Å². The second-order valence-electron chi connectivity index (χ2n) is 5.30. The van der Waals surface area contributed by atoms with Crippen LogP contribution in [0.25, 0.3) is 0 Å². The summed E-state index contributed by atoms with van der Waals surface area (Å²) in [6.07, 6.45) is -9.75. The van der Waals surface area contributed by atoms with E-state index in [-0.39, 0.29) is 0 Å². The van der Waals surface area contributed by atoms with Gasteiger partial charge in [0.05, 0.1) is 33.1 Å². The lowest BCUT2D eigenvalue weighted by Gasteiger charge is -2.13. The number of nitro groups is 1. The quantitative estimate of drug-likeness (QED) is 0.302. The lowest BCUT2D eigenvalue weighted by molar-refractivity contribution is -0.386. The molecule has 0 bridgehead atoms. The van der Waals surface area contributed by atoms with Gasteiger partial charge in [0, 0.05) is 6.07 Å². The molecule has 152 valence electrons. The lowest BCUT2D eigenvalue weighted by atomic mass is 10.1. The Hall–Kier alpha value is -2.67. The molecule has 0 saturated heterocycles. The van der Waals surface area contributed by atoms with Crippen LogP contribution in [0.1, 0.15) is 16.7 Å². The topological polar surface area (TPSA) is 86.5 Å². The summed E-state index contributed by atoms with van der Waals surface area (Å²) in [7, 11) is -4.78. The third kappa shape index (κ3) is 4.78. The molecular weight excluding hydrogens is 420 g/mol. The fraction of sp³-hybridized carbons (Fsp3) is 0.200. The van der Waals surface area contributed by atoms with Gasteiger partial charge in [0.25, 0.3) is 15.8 Å². The van der Waals surface area contributed by atoms with E-state index in [1.165, 1.54) is 0 Å². The first-order chi connectivity index (χ1) is 12.7. The minimum Gasteiger partial charge on any atom is -0.261 e. The first-order valence-corrected chi connectivity index (χ1v) is 8.54. The molecule has 2 aromatic carbocycles. The standard InChI is InChI=1S/C15H9F6NO5S/c16-14(17,18)9-4-6-10(7-5-9)28(25,26)27-8-11-12(15(19,20)21)2-1-3-13(11)22(23)24/h1-7H,8H2. The monoisotopic (exact) mass is 429 g/mol. The zero-order chi connectivity index (χ0) is 21.3. The summed E-state index contributed by atoms with van der Waals surface area (Å²) in [6.45, 7) is -1.34. The maximum Gasteiger partial charge on any atom is 0.417 e. The average molecular weight is 429 g/mol. The van der Waals surface area contributed by atoms with E-state index in [0.717, 1.165) is 12.1 Å². The van der Waals surface area contributed by atoms with Gasteiger partial charge in [0.15, 0.2) is 0 Å². The van der Waals surface area contributed by atoms with E-state index in [1.807, 2.05) is 0 Å². The number of hydrogen-bond donors (Lipinski definition) is 0. The van der Waals surface area contributed by atoms with Gasteiger partial charge in [-0.05, 0) is 30.3 Å². The number of rotatable bonds is 5. The van der Waals surface area contributed by atoms with Crippen LogP contribution in [0, 0.1) is 10.1 Å². The van der Waals surface area contributed by atoms with Crippen LogP contribution >= 0.6 is 0 Å². The van der Waals surface area contributed by atoms with E-state index >= 15 is 0 Å². The fourth-order valence-electron chi connectivity index (χ4n) is 2.18. The molecule has 0 saturated carbocycles. The van der Waals surface area contributed by atoms with Gasteiger partial charge in [-0.2, -0.15) is 34.8 Å². The van der Waals surface area contributed by atoms with E-state index in [2.05, 4.69) is 4.18 Å². The van der Waals surface area contributed by atoms with Gasteiger partial charge >= 0.3 is 12.4 Å². The van der Waals surface area contributed by atoms with E-state index in [0.29, 0.717) is 30.3 Å². The predicted molar refractivity (Wildman–Crippen MR) is 81.5 cm³/mol. The van der Waals surface area contributed by atoms with Crippen molar-refractivity contribution in [2.75, 3.05) is 0 Å². The van der Waals surface area contributed by atoms with Crippen molar-refractivity contribution in [3.63, 3.8) is 0 Å². The number of hydrogen-bond acceptors (Lipinski definition) is 5. The maximum absolute atomic E-state index is 13.1. The molecule has 0 aliphatic rings. The number of benzene rings is 2. The fourth-order valence-corrected chi connectivity index (χ4v) is 3.06. The second-order valence-corrected chi connectivity index (χ2v) is 6.91. The van der Waals surface area contributed by atoms with Crippen molar-refractivity contribution in [2.45, 2.75) is 23.9 Å². The molecule has 0 atom stereocenters. The van der Waals surface area contributed by atoms with Gasteiger partial charge in [-0.25, -0.2) is 0 Å². The van der Waals surface area contributed by atoms with Crippen LogP contribution < -0.4 is 0 Å². The van der Waals surface area contributed by atoms with Crippen LogP contribution in [-0.2, 0) is 33.3 Å².